The van der Waals surface area contributed by atoms with E-state index in [1.807, 2.05) is 0 Å². The van der Waals surface area contributed by atoms with E-state index in [1.54, 1.807) is 4.90 Å². The number of nitrogens with two attached hydrogens (primary N) is 2. The Morgan fingerprint density at radius 3 is 2.53 bits per heavy atom. The highest BCUT2D eigenvalue weighted by molar-refractivity contribution is 5.80. The van der Waals surface area contributed by atoms with Crippen molar-refractivity contribution in [2.24, 2.45) is 23.3 Å². The van der Waals surface area contributed by atoms with Crippen LogP contribution in [-0.4, -0.2) is 35.8 Å². The smallest absolute Gasteiger partial charge is 0.222 e. The number of hydrogen-bond donors (Lipinski definition) is 2. The van der Waals surface area contributed by atoms with Crippen molar-refractivity contribution in [1.82, 2.24) is 4.90 Å². The van der Waals surface area contributed by atoms with E-state index < -0.39 is 0 Å². The molecule has 2 amide bonds. The maximum Gasteiger partial charge on any atom is 0.222 e. The predicted octanol–water partition coefficient (Wildman–Crippen LogP) is 0.618. The molecule has 3 unspecified atom stereocenters. The van der Waals surface area contributed by atoms with Crippen LogP contribution in [0.1, 0.15) is 44.9 Å². The van der Waals surface area contributed by atoms with Gasteiger partial charge in [0.15, 0.2) is 0 Å². The molecule has 1 aliphatic carbocycles. The van der Waals surface area contributed by atoms with Crippen molar-refractivity contribution in [2.75, 3.05) is 13.1 Å². The zero-order chi connectivity index (χ0) is 13.8. The number of likely N-dealkylation sites (tertiary alicyclic amines) is 1. The largest absolute Gasteiger partial charge is 0.369 e. The van der Waals surface area contributed by atoms with Gasteiger partial charge >= 0.3 is 0 Å². The normalized spacial score (nSPS) is 32.1. The van der Waals surface area contributed by atoms with Gasteiger partial charge in [-0.2, -0.15) is 0 Å². The molecule has 1 saturated heterocycles. The first-order valence-electron chi connectivity index (χ1n) is 7.40. The fourth-order valence-corrected chi connectivity index (χ4v) is 3.28. The molecule has 4 N–H and O–H groups in total. The number of nitrogens with zero attached hydrogens (tertiary/aromatic N) is 1. The van der Waals surface area contributed by atoms with E-state index in [2.05, 4.69) is 0 Å². The summed E-state index contributed by atoms with van der Waals surface area (Å²) in [5.74, 6) is 0.00750. The number of hydrogen-bond acceptors (Lipinski definition) is 3. The Bertz CT molecular complexity index is 346. The molecule has 2 aliphatic rings. The second kappa shape index (κ2) is 6.37. The zero-order valence-electron chi connectivity index (χ0n) is 11.5. The lowest BCUT2D eigenvalue weighted by atomic mass is 9.82. The summed E-state index contributed by atoms with van der Waals surface area (Å²) in [7, 11) is 0. The highest BCUT2D eigenvalue weighted by Gasteiger charge is 2.30. The van der Waals surface area contributed by atoms with E-state index in [4.69, 9.17) is 11.5 Å². The lowest BCUT2D eigenvalue weighted by molar-refractivity contribution is -0.136. The molecule has 0 aromatic rings. The van der Waals surface area contributed by atoms with E-state index in [1.165, 1.54) is 12.8 Å². The third-order valence-electron chi connectivity index (χ3n) is 4.58. The van der Waals surface area contributed by atoms with Crippen LogP contribution in [-0.2, 0) is 9.59 Å². The van der Waals surface area contributed by atoms with E-state index in [-0.39, 0.29) is 23.8 Å². The van der Waals surface area contributed by atoms with E-state index in [9.17, 15) is 9.59 Å². The molecule has 108 valence electrons. The third kappa shape index (κ3) is 3.69. The highest BCUT2D eigenvalue weighted by Crippen LogP contribution is 2.27. The van der Waals surface area contributed by atoms with Gasteiger partial charge < -0.3 is 16.4 Å². The second-order valence-corrected chi connectivity index (χ2v) is 5.99. The lowest BCUT2D eigenvalue weighted by Crippen LogP contribution is -2.45. The summed E-state index contributed by atoms with van der Waals surface area (Å²) in [6.45, 7) is 1.25. The van der Waals surface area contributed by atoms with E-state index >= 15 is 0 Å². The minimum absolute atomic E-state index is 0.147. The summed E-state index contributed by atoms with van der Waals surface area (Å²) in [5, 5.41) is 0. The van der Waals surface area contributed by atoms with Crippen LogP contribution in [0.25, 0.3) is 0 Å². The van der Waals surface area contributed by atoms with Crippen molar-refractivity contribution in [1.29, 1.82) is 0 Å². The molecule has 0 aromatic heterocycles. The number of amides is 2. The van der Waals surface area contributed by atoms with Crippen LogP contribution >= 0.6 is 0 Å². The quantitative estimate of drug-likeness (QED) is 0.785. The molecule has 0 aromatic carbocycles. The van der Waals surface area contributed by atoms with Gasteiger partial charge in [0.05, 0.1) is 5.92 Å². The van der Waals surface area contributed by atoms with Crippen LogP contribution in [0, 0.1) is 11.8 Å². The van der Waals surface area contributed by atoms with Crippen molar-refractivity contribution in [2.45, 2.75) is 51.0 Å². The van der Waals surface area contributed by atoms with Gasteiger partial charge in [0, 0.05) is 25.6 Å². The fourth-order valence-electron chi connectivity index (χ4n) is 3.28. The average Bonchev–Trinajstić information content (AvgIpc) is 2.41. The minimum atomic E-state index is -0.285. The Morgan fingerprint density at radius 2 is 1.84 bits per heavy atom. The van der Waals surface area contributed by atoms with Crippen LogP contribution < -0.4 is 11.5 Å². The number of carbonyl (C=O) groups is 2. The summed E-state index contributed by atoms with van der Waals surface area (Å²) in [6.07, 6.45) is 6.65. The van der Waals surface area contributed by atoms with Crippen molar-refractivity contribution < 1.29 is 9.59 Å². The van der Waals surface area contributed by atoms with Crippen LogP contribution in [0.5, 0.6) is 0 Å². The van der Waals surface area contributed by atoms with Gasteiger partial charge in [0.1, 0.15) is 0 Å². The van der Waals surface area contributed by atoms with Crippen LogP contribution in [0.15, 0.2) is 0 Å². The van der Waals surface area contributed by atoms with Gasteiger partial charge in [-0.05, 0) is 31.6 Å². The first-order chi connectivity index (χ1) is 9.08. The monoisotopic (exact) mass is 267 g/mol. The van der Waals surface area contributed by atoms with Gasteiger partial charge in [-0.25, -0.2) is 0 Å². The Labute approximate surface area is 114 Å². The molecule has 0 bridgehead atoms. The predicted molar refractivity (Wildman–Crippen MR) is 73.0 cm³/mol. The van der Waals surface area contributed by atoms with Crippen LogP contribution in [0.2, 0.25) is 0 Å². The summed E-state index contributed by atoms with van der Waals surface area (Å²) < 4.78 is 0. The zero-order valence-corrected chi connectivity index (χ0v) is 11.5. The number of primary amides is 1. The Balaban J connectivity index is 1.86. The SMILES string of the molecule is NC(=O)C1CCCN(C(=O)CC2CCCCC2N)C1. The molecule has 19 heavy (non-hydrogen) atoms. The number of piperidine rings is 1. The summed E-state index contributed by atoms with van der Waals surface area (Å²) >= 11 is 0. The molecule has 2 fully saturated rings. The standard InChI is InChI=1S/C14H25N3O2/c15-12-6-2-1-4-10(12)8-13(18)17-7-3-5-11(9-17)14(16)19/h10-12H,1-9,15H2,(H2,16,19). The van der Waals surface area contributed by atoms with Crippen molar-refractivity contribution in [3.05, 3.63) is 0 Å². The Hall–Kier alpha value is -1.10. The molecule has 1 aliphatic heterocycles. The van der Waals surface area contributed by atoms with Gasteiger partial charge in [-0.15, -0.1) is 0 Å². The van der Waals surface area contributed by atoms with E-state index in [0.717, 1.165) is 32.2 Å². The Morgan fingerprint density at radius 1 is 1.11 bits per heavy atom. The summed E-state index contributed by atoms with van der Waals surface area (Å²) in [5.41, 5.74) is 11.4. The van der Waals surface area contributed by atoms with Gasteiger partial charge in [-0.3, -0.25) is 9.59 Å². The molecule has 2 rings (SSSR count). The van der Waals surface area contributed by atoms with Gasteiger partial charge in [0.25, 0.3) is 0 Å². The van der Waals surface area contributed by atoms with Crippen LogP contribution in [0.3, 0.4) is 0 Å². The third-order valence-corrected chi connectivity index (χ3v) is 4.58. The molecule has 0 radical (unpaired) electrons. The fraction of sp³-hybridized carbons (Fsp3) is 0.857. The maximum absolute atomic E-state index is 12.3. The minimum Gasteiger partial charge on any atom is -0.369 e. The van der Waals surface area contributed by atoms with Gasteiger partial charge in [-0.1, -0.05) is 12.8 Å². The molecule has 3 atom stereocenters. The molecule has 1 saturated carbocycles. The molecule has 0 spiro atoms. The Kier molecular flexibility index (Phi) is 4.80. The second-order valence-electron chi connectivity index (χ2n) is 5.99. The van der Waals surface area contributed by atoms with Crippen molar-refractivity contribution in [3.63, 3.8) is 0 Å². The first-order valence-corrected chi connectivity index (χ1v) is 7.40. The van der Waals surface area contributed by atoms with Crippen molar-refractivity contribution >= 4 is 11.8 Å². The average molecular weight is 267 g/mol. The molecule has 5 nitrogen and oxygen atoms in total. The first kappa shape index (κ1) is 14.3. The molecule has 5 heteroatoms. The lowest BCUT2D eigenvalue weighted by Gasteiger charge is -2.34. The maximum atomic E-state index is 12.3. The van der Waals surface area contributed by atoms with Crippen LogP contribution in [0.4, 0.5) is 0 Å². The highest BCUT2D eigenvalue weighted by atomic mass is 16.2. The molecular formula is C14H25N3O2. The number of rotatable bonds is 3. The summed E-state index contributed by atoms with van der Waals surface area (Å²) in [4.78, 5) is 25.3. The van der Waals surface area contributed by atoms with Crippen molar-refractivity contribution in [3.8, 4) is 0 Å². The molecule has 1 heterocycles. The topological polar surface area (TPSA) is 89.4 Å². The molecular weight excluding hydrogens is 242 g/mol. The van der Waals surface area contributed by atoms with Gasteiger partial charge in [0.2, 0.25) is 11.8 Å². The number of carbonyl (C=O) groups excluding carboxylic acids is 2. The summed E-state index contributed by atoms with van der Waals surface area (Å²) in [6, 6.07) is 0.162. The van der Waals surface area contributed by atoms with E-state index in [0.29, 0.717) is 18.9 Å².